The molecule has 0 spiro atoms. The van der Waals surface area contributed by atoms with Crippen LogP contribution in [-0.4, -0.2) is 25.4 Å². The molecule has 27 heavy (non-hydrogen) atoms. The van der Waals surface area contributed by atoms with Gasteiger partial charge in [-0.15, -0.1) is 11.3 Å². The number of fused-ring (bicyclic) bond motifs is 1. The average Bonchev–Trinajstić information content (AvgIpc) is 3.02. The van der Waals surface area contributed by atoms with E-state index in [0.29, 0.717) is 12.2 Å². The van der Waals surface area contributed by atoms with Crippen LogP contribution in [0.3, 0.4) is 0 Å². The molecule has 1 N–H and O–H groups in total. The van der Waals surface area contributed by atoms with Crippen molar-refractivity contribution in [2.75, 3.05) is 11.4 Å². The van der Waals surface area contributed by atoms with Crippen LogP contribution in [0.25, 0.3) is 0 Å². The van der Waals surface area contributed by atoms with Crippen LogP contribution in [0.2, 0.25) is 0 Å². The van der Waals surface area contributed by atoms with Crippen LogP contribution in [0.5, 0.6) is 0 Å². The van der Waals surface area contributed by atoms with Crippen LogP contribution in [0.1, 0.15) is 44.2 Å². The number of benzene rings is 1. The van der Waals surface area contributed by atoms with Gasteiger partial charge < -0.3 is 4.90 Å². The molecule has 2 aromatic rings. The number of hydrogen-bond donors (Lipinski definition) is 1. The van der Waals surface area contributed by atoms with E-state index in [1.807, 2.05) is 17.2 Å². The zero-order chi connectivity index (χ0) is 20.0. The summed E-state index contributed by atoms with van der Waals surface area (Å²) in [6.07, 6.45) is 0.820. The van der Waals surface area contributed by atoms with Crippen molar-refractivity contribution < 1.29 is 13.3 Å². The van der Waals surface area contributed by atoms with Gasteiger partial charge in [0.1, 0.15) is 5.69 Å². The molecule has 0 radical (unpaired) electrons. The molecule has 1 aromatic carbocycles. The van der Waals surface area contributed by atoms with Crippen molar-refractivity contribution in [3.05, 3.63) is 50.2 Å². The lowest BCUT2D eigenvalue weighted by Gasteiger charge is -2.35. The number of anilines is 1. The van der Waals surface area contributed by atoms with E-state index in [0.717, 1.165) is 12.5 Å². The number of thiophene rings is 1. The van der Waals surface area contributed by atoms with E-state index in [1.54, 1.807) is 38.2 Å². The van der Waals surface area contributed by atoms with Crippen LogP contribution in [0.4, 0.5) is 11.4 Å². The first kappa shape index (κ1) is 19.8. The molecule has 0 saturated carbocycles. The molecule has 0 aliphatic carbocycles. The van der Waals surface area contributed by atoms with E-state index in [4.69, 9.17) is 0 Å². The lowest BCUT2D eigenvalue weighted by molar-refractivity contribution is -0.384. The predicted molar refractivity (Wildman–Crippen MR) is 107 cm³/mol. The van der Waals surface area contributed by atoms with E-state index in [1.165, 1.54) is 16.5 Å². The Kier molecular flexibility index (Phi) is 5.04. The van der Waals surface area contributed by atoms with Gasteiger partial charge in [-0.05, 0) is 63.3 Å². The number of nitrogens with one attached hydrogen (secondary N) is 1. The number of rotatable bonds is 4. The minimum Gasteiger partial charge on any atom is -0.359 e. The molecular weight excluding hydrogens is 386 g/mol. The first-order valence-corrected chi connectivity index (χ1v) is 11.0. The Morgan fingerprint density at radius 2 is 2.00 bits per heavy atom. The molecule has 0 fully saturated rings. The third-order valence-electron chi connectivity index (χ3n) is 4.48. The van der Waals surface area contributed by atoms with Gasteiger partial charge in [-0.2, -0.15) is 0 Å². The minimum absolute atomic E-state index is 0.00569. The third kappa shape index (κ3) is 3.99. The molecule has 0 bridgehead atoms. The highest BCUT2D eigenvalue weighted by atomic mass is 32.2. The summed E-state index contributed by atoms with van der Waals surface area (Å²) in [7, 11) is -3.85. The molecule has 1 aromatic heterocycles. The second-order valence-electron chi connectivity index (χ2n) is 7.68. The van der Waals surface area contributed by atoms with Gasteiger partial charge in [-0.25, -0.2) is 13.1 Å². The van der Waals surface area contributed by atoms with Gasteiger partial charge in [0.25, 0.3) is 5.69 Å². The van der Waals surface area contributed by atoms with Gasteiger partial charge in [-0.3, -0.25) is 10.1 Å². The molecule has 9 heteroatoms. The van der Waals surface area contributed by atoms with Crippen LogP contribution < -0.4 is 9.62 Å². The standard InChI is InChI=1S/C18H23N3O4S2/c1-12-14-8-10-26-17(14)7-9-20(12)15-6-5-13(11-16(15)21(22)23)27(24,25)19-18(2,3)4/h5-6,8,10-12,19H,7,9H2,1-4H3. The Labute approximate surface area is 163 Å². The number of hydrogen-bond acceptors (Lipinski definition) is 6. The number of nitro benzene ring substituents is 1. The van der Waals surface area contributed by atoms with Gasteiger partial charge in [0.2, 0.25) is 10.0 Å². The van der Waals surface area contributed by atoms with Crippen LogP contribution in [0.15, 0.2) is 34.5 Å². The fourth-order valence-electron chi connectivity index (χ4n) is 3.36. The summed E-state index contributed by atoms with van der Waals surface area (Å²) >= 11 is 1.70. The molecule has 1 atom stereocenters. The Morgan fingerprint density at radius 1 is 1.30 bits per heavy atom. The fraction of sp³-hybridized carbons (Fsp3) is 0.444. The second kappa shape index (κ2) is 6.88. The Balaban J connectivity index is 2.02. The number of nitrogens with zero attached hydrogens (tertiary/aromatic N) is 2. The van der Waals surface area contributed by atoms with Gasteiger partial charge >= 0.3 is 0 Å². The molecule has 7 nitrogen and oxygen atoms in total. The lowest BCUT2D eigenvalue weighted by Crippen LogP contribution is -2.40. The van der Waals surface area contributed by atoms with E-state index >= 15 is 0 Å². The normalized spacial score (nSPS) is 17.6. The van der Waals surface area contributed by atoms with Crippen molar-refractivity contribution in [1.82, 2.24) is 4.72 Å². The molecule has 0 saturated heterocycles. The Bertz CT molecular complexity index is 977. The van der Waals surface area contributed by atoms with E-state index < -0.39 is 20.5 Å². The van der Waals surface area contributed by atoms with E-state index in [2.05, 4.69) is 10.8 Å². The molecule has 3 rings (SSSR count). The third-order valence-corrected chi connectivity index (χ3v) is 7.23. The maximum atomic E-state index is 12.6. The number of nitro groups is 1. The largest absolute Gasteiger partial charge is 0.359 e. The zero-order valence-corrected chi connectivity index (χ0v) is 17.4. The van der Waals surface area contributed by atoms with Crippen molar-refractivity contribution in [2.45, 2.75) is 50.6 Å². The zero-order valence-electron chi connectivity index (χ0n) is 15.7. The highest BCUT2D eigenvalue weighted by Crippen LogP contribution is 2.40. The summed E-state index contributed by atoms with van der Waals surface area (Å²) in [5.41, 5.74) is 0.742. The monoisotopic (exact) mass is 409 g/mol. The minimum atomic E-state index is -3.85. The molecule has 2 heterocycles. The summed E-state index contributed by atoms with van der Waals surface area (Å²) in [5, 5.41) is 13.7. The highest BCUT2D eigenvalue weighted by Gasteiger charge is 2.31. The predicted octanol–water partition coefficient (Wildman–Crippen LogP) is 3.86. The molecule has 146 valence electrons. The quantitative estimate of drug-likeness (QED) is 0.611. The van der Waals surface area contributed by atoms with Crippen LogP contribution >= 0.6 is 11.3 Å². The van der Waals surface area contributed by atoms with Crippen LogP contribution in [-0.2, 0) is 16.4 Å². The van der Waals surface area contributed by atoms with Crippen molar-refractivity contribution in [3.63, 3.8) is 0 Å². The maximum Gasteiger partial charge on any atom is 0.293 e. The molecular formula is C18H23N3O4S2. The smallest absolute Gasteiger partial charge is 0.293 e. The average molecular weight is 410 g/mol. The first-order chi connectivity index (χ1) is 12.5. The van der Waals surface area contributed by atoms with Gasteiger partial charge in [0.05, 0.1) is 15.9 Å². The topological polar surface area (TPSA) is 92.6 Å². The molecule has 1 aliphatic rings. The van der Waals surface area contributed by atoms with E-state index in [9.17, 15) is 18.5 Å². The Morgan fingerprint density at radius 3 is 2.63 bits per heavy atom. The van der Waals surface area contributed by atoms with Crippen molar-refractivity contribution in [1.29, 1.82) is 0 Å². The van der Waals surface area contributed by atoms with Gasteiger partial charge in [0, 0.05) is 23.0 Å². The van der Waals surface area contributed by atoms with Crippen molar-refractivity contribution >= 4 is 32.7 Å². The molecule has 1 aliphatic heterocycles. The van der Waals surface area contributed by atoms with Crippen LogP contribution in [0, 0.1) is 10.1 Å². The molecule has 1 unspecified atom stereocenters. The summed E-state index contributed by atoms with van der Waals surface area (Å²) in [6.45, 7) is 7.84. The van der Waals surface area contributed by atoms with Crippen molar-refractivity contribution in [2.24, 2.45) is 0 Å². The van der Waals surface area contributed by atoms with Gasteiger partial charge in [-0.1, -0.05) is 0 Å². The number of sulfonamides is 1. The summed E-state index contributed by atoms with van der Waals surface area (Å²) < 4.78 is 27.6. The fourth-order valence-corrected chi connectivity index (χ4v) is 5.76. The SMILES string of the molecule is CC1c2ccsc2CCN1c1ccc(S(=O)(=O)NC(C)(C)C)cc1[N+](=O)[O-]. The lowest BCUT2D eigenvalue weighted by atomic mass is 10.0. The van der Waals surface area contributed by atoms with E-state index in [-0.39, 0.29) is 16.6 Å². The highest BCUT2D eigenvalue weighted by molar-refractivity contribution is 7.89. The summed E-state index contributed by atoms with van der Waals surface area (Å²) in [6, 6.07) is 6.18. The summed E-state index contributed by atoms with van der Waals surface area (Å²) in [5.74, 6) is 0. The Hall–Kier alpha value is -1.97. The molecule has 0 amide bonds. The first-order valence-electron chi connectivity index (χ1n) is 8.65. The second-order valence-corrected chi connectivity index (χ2v) is 10.4. The maximum absolute atomic E-state index is 12.6. The van der Waals surface area contributed by atoms with Crippen molar-refractivity contribution in [3.8, 4) is 0 Å². The summed E-state index contributed by atoms with van der Waals surface area (Å²) in [4.78, 5) is 14.4. The van der Waals surface area contributed by atoms with Gasteiger partial charge in [0.15, 0.2) is 0 Å².